The molecule has 1 aromatic rings. The molecule has 0 saturated heterocycles. The van der Waals surface area contributed by atoms with E-state index in [9.17, 15) is 4.79 Å². The zero-order chi connectivity index (χ0) is 12.8. The third-order valence-corrected chi connectivity index (χ3v) is 2.60. The molecule has 4 heteroatoms. The maximum atomic E-state index is 11.3. The minimum atomic E-state index is -0.467. The van der Waals surface area contributed by atoms with E-state index in [1.54, 1.807) is 19.1 Å². The van der Waals surface area contributed by atoms with Gasteiger partial charge in [0.25, 0.3) is 0 Å². The van der Waals surface area contributed by atoms with Gasteiger partial charge in [0.1, 0.15) is 5.75 Å². The molecule has 2 unspecified atom stereocenters. The zero-order valence-electron chi connectivity index (χ0n) is 10.3. The summed E-state index contributed by atoms with van der Waals surface area (Å²) in [6.07, 6.45) is 1.71. The number of hydrogen-bond donors (Lipinski definition) is 3. The largest absolute Gasteiger partial charge is 0.508 e. The second-order valence-corrected chi connectivity index (χ2v) is 4.40. The average molecular weight is 236 g/mol. The molecule has 0 aliphatic heterocycles. The van der Waals surface area contributed by atoms with Gasteiger partial charge in [0, 0.05) is 6.04 Å². The molecule has 0 aliphatic carbocycles. The van der Waals surface area contributed by atoms with Crippen LogP contribution in [0.5, 0.6) is 5.75 Å². The quantitative estimate of drug-likeness (QED) is 0.718. The van der Waals surface area contributed by atoms with Crippen LogP contribution in [0, 0.1) is 0 Å². The summed E-state index contributed by atoms with van der Waals surface area (Å²) < 4.78 is 0. The number of phenolic OH excluding ortho intramolecular Hbond substituents is 1. The lowest BCUT2D eigenvalue weighted by atomic mass is 10.1. The summed E-state index contributed by atoms with van der Waals surface area (Å²) in [4.78, 5) is 11.3. The number of hydrogen-bond acceptors (Lipinski definition) is 3. The van der Waals surface area contributed by atoms with Gasteiger partial charge in [-0.25, -0.2) is 0 Å². The third-order valence-electron chi connectivity index (χ3n) is 2.60. The van der Waals surface area contributed by atoms with Gasteiger partial charge in [-0.15, -0.1) is 0 Å². The van der Waals surface area contributed by atoms with Crippen molar-refractivity contribution in [1.29, 1.82) is 0 Å². The maximum Gasteiger partial charge on any atom is 0.236 e. The summed E-state index contributed by atoms with van der Waals surface area (Å²) in [5.41, 5.74) is 6.61. The smallest absolute Gasteiger partial charge is 0.236 e. The van der Waals surface area contributed by atoms with Crippen LogP contribution in [0.25, 0.3) is 0 Å². The van der Waals surface area contributed by atoms with Crippen LogP contribution in [0.3, 0.4) is 0 Å². The molecule has 4 nitrogen and oxygen atoms in total. The number of rotatable bonds is 5. The molecule has 0 aliphatic rings. The fourth-order valence-electron chi connectivity index (χ4n) is 1.49. The van der Waals surface area contributed by atoms with E-state index in [2.05, 4.69) is 5.32 Å². The Morgan fingerprint density at radius 2 is 1.94 bits per heavy atom. The summed E-state index contributed by atoms with van der Waals surface area (Å²) in [5, 5.41) is 12.0. The molecule has 1 amide bonds. The summed E-state index contributed by atoms with van der Waals surface area (Å²) in [5.74, 6) is 0.148. The van der Waals surface area contributed by atoms with Gasteiger partial charge < -0.3 is 16.2 Å². The lowest BCUT2D eigenvalue weighted by Gasteiger charge is -2.15. The molecule has 0 saturated carbocycles. The van der Waals surface area contributed by atoms with Crippen molar-refractivity contribution in [3.05, 3.63) is 29.8 Å². The van der Waals surface area contributed by atoms with E-state index in [0.29, 0.717) is 0 Å². The molecule has 17 heavy (non-hydrogen) atoms. The number of nitrogens with two attached hydrogens (primary N) is 1. The van der Waals surface area contributed by atoms with E-state index in [1.807, 2.05) is 19.1 Å². The number of amides is 1. The van der Waals surface area contributed by atoms with Crippen molar-refractivity contribution in [3.8, 4) is 5.75 Å². The number of carbonyl (C=O) groups excluding carboxylic acids is 1. The second kappa shape index (κ2) is 6.25. The van der Waals surface area contributed by atoms with Crippen molar-refractivity contribution in [2.75, 3.05) is 0 Å². The fraction of sp³-hybridized carbons (Fsp3) is 0.462. The average Bonchev–Trinajstić information content (AvgIpc) is 2.28. The Morgan fingerprint density at radius 1 is 1.35 bits per heavy atom. The van der Waals surface area contributed by atoms with E-state index in [-0.39, 0.29) is 17.7 Å². The van der Waals surface area contributed by atoms with E-state index in [1.165, 1.54) is 0 Å². The molecular formula is C13H20N2O2. The Hall–Kier alpha value is -1.55. The number of benzene rings is 1. The molecule has 0 spiro atoms. The monoisotopic (exact) mass is 236 g/mol. The highest BCUT2D eigenvalue weighted by atomic mass is 16.3. The fourth-order valence-corrected chi connectivity index (χ4v) is 1.49. The van der Waals surface area contributed by atoms with Gasteiger partial charge in [0.05, 0.1) is 6.04 Å². The number of phenols is 1. The summed E-state index contributed by atoms with van der Waals surface area (Å²) in [6, 6.07) is 6.74. The first kappa shape index (κ1) is 13.5. The molecule has 0 aromatic heterocycles. The molecular weight excluding hydrogens is 216 g/mol. The number of nitrogens with one attached hydrogen (secondary N) is 1. The minimum Gasteiger partial charge on any atom is -0.508 e. The van der Waals surface area contributed by atoms with Crippen molar-refractivity contribution < 1.29 is 9.90 Å². The van der Waals surface area contributed by atoms with Gasteiger partial charge >= 0.3 is 0 Å². The Bertz CT molecular complexity index is 360. The Kier molecular flexibility index (Phi) is 4.97. The third kappa shape index (κ3) is 4.87. The number of aryl methyl sites for hydroxylation is 1. The number of carbonyl (C=O) groups is 1. The maximum absolute atomic E-state index is 11.3. The molecule has 94 valence electrons. The van der Waals surface area contributed by atoms with E-state index >= 15 is 0 Å². The molecule has 0 heterocycles. The Balaban J connectivity index is 2.35. The Labute approximate surface area is 102 Å². The highest BCUT2D eigenvalue weighted by Crippen LogP contribution is 2.11. The minimum absolute atomic E-state index is 0.0994. The molecule has 2 atom stereocenters. The lowest BCUT2D eigenvalue weighted by Crippen LogP contribution is -2.42. The SMILES string of the molecule is CC(CCc1ccc(O)cc1)NC(=O)C(C)N. The van der Waals surface area contributed by atoms with Gasteiger partial charge in [-0.2, -0.15) is 0 Å². The van der Waals surface area contributed by atoms with Gasteiger partial charge in [-0.3, -0.25) is 4.79 Å². The molecule has 1 aromatic carbocycles. The summed E-state index contributed by atoms with van der Waals surface area (Å²) in [6.45, 7) is 3.63. The second-order valence-electron chi connectivity index (χ2n) is 4.40. The van der Waals surface area contributed by atoms with Gasteiger partial charge in [-0.05, 0) is 44.4 Å². The van der Waals surface area contributed by atoms with Gasteiger partial charge in [0.15, 0.2) is 0 Å². The van der Waals surface area contributed by atoms with Gasteiger partial charge in [-0.1, -0.05) is 12.1 Å². The van der Waals surface area contributed by atoms with Crippen molar-refractivity contribution >= 4 is 5.91 Å². The normalized spacial score (nSPS) is 14.1. The first-order valence-corrected chi connectivity index (χ1v) is 5.83. The van der Waals surface area contributed by atoms with Crippen LogP contribution in [0.15, 0.2) is 24.3 Å². The van der Waals surface area contributed by atoms with Crippen molar-refractivity contribution in [2.24, 2.45) is 5.73 Å². The molecule has 0 radical (unpaired) electrons. The van der Waals surface area contributed by atoms with Crippen molar-refractivity contribution in [1.82, 2.24) is 5.32 Å². The molecule has 0 bridgehead atoms. The predicted octanol–water partition coefficient (Wildman–Crippen LogP) is 1.18. The van der Waals surface area contributed by atoms with Crippen LogP contribution in [0.1, 0.15) is 25.8 Å². The van der Waals surface area contributed by atoms with Crippen LogP contribution >= 0.6 is 0 Å². The summed E-state index contributed by atoms with van der Waals surface area (Å²) >= 11 is 0. The number of aromatic hydroxyl groups is 1. The van der Waals surface area contributed by atoms with Crippen LogP contribution < -0.4 is 11.1 Å². The lowest BCUT2D eigenvalue weighted by molar-refractivity contribution is -0.122. The van der Waals surface area contributed by atoms with Crippen molar-refractivity contribution in [2.45, 2.75) is 38.8 Å². The molecule has 0 fully saturated rings. The van der Waals surface area contributed by atoms with E-state index in [4.69, 9.17) is 10.8 Å². The molecule has 1 rings (SSSR count). The highest BCUT2D eigenvalue weighted by Gasteiger charge is 2.10. The Morgan fingerprint density at radius 3 is 2.47 bits per heavy atom. The van der Waals surface area contributed by atoms with Crippen LogP contribution in [-0.2, 0) is 11.2 Å². The first-order chi connectivity index (χ1) is 7.99. The van der Waals surface area contributed by atoms with Crippen molar-refractivity contribution in [3.63, 3.8) is 0 Å². The van der Waals surface area contributed by atoms with Crippen LogP contribution in [0.4, 0.5) is 0 Å². The molecule has 4 N–H and O–H groups in total. The highest BCUT2D eigenvalue weighted by molar-refractivity contribution is 5.81. The van der Waals surface area contributed by atoms with Crippen LogP contribution in [0.2, 0.25) is 0 Å². The standard InChI is InChI=1S/C13H20N2O2/c1-9(15-13(17)10(2)14)3-4-11-5-7-12(16)8-6-11/h5-10,16H,3-4,14H2,1-2H3,(H,15,17). The summed E-state index contributed by atoms with van der Waals surface area (Å²) in [7, 11) is 0. The van der Waals surface area contributed by atoms with Crippen LogP contribution in [-0.4, -0.2) is 23.1 Å². The predicted molar refractivity (Wildman–Crippen MR) is 67.7 cm³/mol. The van der Waals surface area contributed by atoms with E-state index < -0.39 is 6.04 Å². The van der Waals surface area contributed by atoms with E-state index in [0.717, 1.165) is 18.4 Å². The zero-order valence-corrected chi connectivity index (χ0v) is 10.3. The first-order valence-electron chi connectivity index (χ1n) is 5.83. The topological polar surface area (TPSA) is 75.3 Å². The van der Waals surface area contributed by atoms with Gasteiger partial charge in [0.2, 0.25) is 5.91 Å².